The van der Waals surface area contributed by atoms with Gasteiger partial charge >= 0.3 is 0 Å². The van der Waals surface area contributed by atoms with E-state index in [1.54, 1.807) is 0 Å². The van der Waals surface area contributed by atoms with Gasteiger partial charge in [0.2, 0.25) is 0 Å². The minimum Gasteiger partial charge on any atom is -0.161 e. The van der Waals surface area contributed by atoms with Crippen LogP contribution < -0.4 is 0 Å². The fourth-order valence-electron chi connectivity index (χ4n) is 0.841. The van der Waals surface area contributed by atoms with Gasteiger partial charge in [0.25, 0.3) is 0 Å². The smallest absolute Gasteiger partial charge is 0.00905 e. The molecule has 0 aliphatic carbocycles. The van der Waals surface area contributed by atoms with E-state index in [2.05, 4.69) is 48.5 Å². The number of alkyl halides is 1. The molecule has 0 radical (unpaired) electrons. The highest BCUT2D eigenvalue weighted by Crippen LogP contribution is 2.24. The highest BCUT2D eigenvalue weighted by Gasteiger charge is 2.14. The van der Waals surface area contributed by atoms with Crippen LogP contribution in [0.15, 0.2) is 0 Å². The van der Waals surface area contributed by atoms with Gasteiger partial charge in [-0.05, 0) is 23.3 Å². The lowest BCUT2D eigenvalue weighted by atomic mass is 10.0. The fraction of sp³-hybridized carbons (Fsp3) is 1.00. The van der Waals surface area contributed by atoms with Gasteiger partial charge in [-0.1, -0.05) is 49.5 Å². The normalized spacial score (nSPS) is 12.0. The second-order valence-electron chi connectivity index (χ2n) is 4.06. The van der Waals surface area contributed by atoms with Crippen LogP contribution in [0.5, 0.6) is 0 Å². The van der Waals surface area contributed by atoms with Gasteiger partial charge in [-0.15, -0.1) is 0 Å². The lowest BCUT2D eigenvalue weighted by molar-refractivity contribution is 0.496. The molecule has 0 atom stereocenters. The third-order valence-corrected chi connectivity index (χ3v) is 4.83. The van der Waals surface area contributed by atoms with E-state index < -0.39 is 0 Å². The largest absolute Gasteiger partial charge is 0.161 e. The zero-order valence-electron chi connectivity index (χ0n) is 8.53. The summed E-state index contributed by atoms with van der Waals surface area (Å²) in [6.07, 6.45) is 4.11. The van der Waals surface area contributed by atoms with E-state index in [0.29, 0.717) is 5.41 Å². The van der Waals surface area contributed by atoms with Gasteiger partial charge < -0.3 is 0 Å². The predicted molar refractivity (Wildman–Crippen MR) is 64.4 cm³/mol. The third kappa shape index (κ3) is 7.48. The van der Waals surface area contributed by atoms with Crippen molar-refractivity contribution in [3.05, 3.63) is 0 Å². The Bertz CT molecular complexity index is 102. The number of thioether (sulfide) groups is 1. The number of unbranched alkanes of at least 4 members (excludes halogenated alkanes) is 2. The average molecular weight is 253 g/mol. The Labute approximate surface area is 90.0 Å². The molecule has 0 N–H and O–H groups in total. The highest BCUT2D eigenvalue weighted by molar-refractivity contribution is 9.09. The average Bonchev–Trinajstić information content (AvgIpc) is 2.04. The van der Waals surface area contributed by atoms with Crippen LogP contribution in [0.2, 0.25) is 0 Å². The molecule has 0 heterocycles. The molecule has 0 bridgehead atoms. The molecule has 0 rings (SSSR count). The molecule has 0 aromatic heterocycles. The molecule has 0 unspecified atom stereocenters. The summed E-state index contributed by atoms with van der Waals surface area (Å²) in [5, 5.41) is 1.11. The first-order valence-electron chi connectivity index (χ1n) is 4.76. The molecule has 12 heavy (non-hydrogen) atoms. The minimum atomic E-state index is 0.469. The van der Waals surface area contributed by atoms with Crippen LogP contribution in [-0.4, -0.2) is 16.8 Å². The molecule has 0 aromatic rings. The fourth-order valence-corrected chi connectivity index (χ4v) is 2.51. The Balaban J connectivity index is 3.19. The molecule has 0 aromatic carbocycles. The molecule has 0 aliphatic rings. The molecule has 0 aliphatic heterocycles. The van der Waals surface area contributed by atoms with Gasteiger partial charge in [0.15, 0.2) is 0 Å². The molecular weight excluding hydrogens is 232 g/mol. The van der Waals surface area contributed by atoms with Gasteiger partial charge in [0.1, 0.15) is 0 Å². The van der Waals surface area contributed by atoms with Crippen LogP contribution in [0.4, 0.5) is 0 Å². The first kappa shape index (κ1) is 12.8. The van der Waals surface area contributed by atoms with Crippen molar-refractivity contribution in [3.63, 3.8) is 0 Å². The predicted octanol–water partition coefficient (Wildman–Crippen LogP) is 4.33. The topological polar surface area (TPSA) is 0 Å². The van der Waals surface area contributed by atoms with E-state index >= 15 is 0 Å². The summed E-state index contributed by atoms with van der Waals surface area (Å²) in [6.45, 7) is 6.89. The van der Waals surface area contributed by atoms with E-state index in [1.165, 1.54) is 30.8 Å². The van der Waals surface area contributed by atoms with Crippen molar-refractivity contribution in [2.24, 2.45) is 5.41 Å². The van der Waals surface area contributed by atoms with Gasteiger partial charge in [-0.25, -0.2) is 0 Å². The van der Waals surface area contributed by atoms with Gasteiger partial charge in [-0.2, -0.15) is 11.8 Å². The Morgan fingerprint density at radius 3 is 2.42 bits per heavy atom. The van der Waals surface area contributed by atoms with Crippen LogP contribution in [0.3, 0.4) is 0 Å². The monoisotopic (exact) mass is 252 g/mol. The summed E-state index contributed by atoms with van der Waals surface area (Å²) < 4.78 is 0. The van der Waals surface area contributed by atoms with Crippen LogP contribution in [0, 0.1) is 5.41 Å². The summed E-state index contributed by atoms with van der Waals surface area (Å²) >= 11 is 5.64. The van der Waals surface area contributed by atoms with Crippen LogP contribution in [0.1, 0.15) is 40.0 Å². The van der Waals surface area contributed by atoms with Gasteiger partial charge in [0.05, 0.1) is 0 Å². The van der Waals surface area contributed by atoms with Crippen LogP contribution in [-0.2, 0) is 0 Å². The summed E-state index contributed by atoms with van der Waals surface area (Å²) in [5.41, 5.74) is 0.469. The summed E-state index contributed by atoms with van der Waals surface area (Å²) in [6, 6.07) is 0. The van der Waals surface area contributed by atoms with E-state index in [4.69, 9.17) is 0 Å². The number of rotatable bonds is 7. The zero-order chi connectivity index (χ0) is 9.45. The number of hydrogen-bond acceptors (Lipinski definition) is 1. The minimum absolute atomic E-state index is 0.469. The molecule has 0 saturated carbocycles. The van der Waals surface area contributed by atoms with E-state index in [9.17, 15) is 0 Å². The van der Waals surface area contributed by atoms with Crippen LogP contribution >= 0.6 is 27.7 Å². The SMILES string of the molecule is CCCCCSCC(C)(C)CBr. The Hall–Kier alpha value is 0.830. The number of halogens is 1. The van der Waals surface area contributed by atoms with Crippen molar-refractivity contribution in [2.45, 2.75) is 40.0 Å². The van der Waals surface area contributed by atoms with E-state index in [0.717, 1.165) is 5.33 Å². The van der Waals surface area contributed by atoms with Crippen molar-refractivity contribution in [1.29, 1.82) is 0 Å². The molecule has 0 saturated heterocycles. The van der Waals surface area contributed by atoms with Crippen molar-refractivity contribution in [3.8, 4) is 0 Å². The Kier molecular flexibility index (Phi) is 7.76. The first-order valence-corrected chi connectivity index (χ1v) is 7.03. The standard InChI is InChI=1S/C10H21BrS/c1-4-5-6-7-12-9-10(2,3)8-11/h4-9H2,1-3H3. The lowest BCUT2D eigenvalue weighted by Gasteiger charge is -2.20. The van der Waals surface area contributed by atoms with E-state index in [1.807, 2.05) is 0 Å². The summed E-state index contributed by atoms with van der Waals surface area (Å²) in [7, 11) is 0. The lowest BCUT2D eigenvalue weighted by Crippen LogP contribution is -2.16. The molecule has 0 nitrogen and oxygen atoms in total. The van der Waals surface area contributed by atoms with Crippen molar-refractivity contribution >= 4 is 27.7 Å². The summed E-state index contributed by atoms with van der Waals surface area (Å²) in [4.78, 5) is 0. The van der Waals surface area contributed by atoms with Gasteiger partial charge in [-0.3, -0.25) is 0 Å². The maximum absolute atomic E-state index is 3.54. The van der Waals surface area contributed by atoms with E-state index in [-0.39, 0.29) is 0 Å². The molecule has 0 spiro atoms. The van der Waals surface area contributed by atoms with Crippen molar-refractivity contribution in [1.82, 2.24) is 0 Å². The Morgan fingerprint density at radius 2 is 1.92 bits per heavy atom. The van der Waals surface area contributed by atoms with Crippen molar-refractivity contribution < 1.29 is 0 Å². The number of hydrogen-bond donors (Lipinski definition) is 0. The second kappa shape index (κ2) is 7.25. The zero-order valence-corrected chi connectivity index (χ0v) is 10.9. The molecule has 74 valence electrons. The molecular formula is C10H21BrS. The molecule has 2 heteroatoms. The molecule has 0 amide bonds. The first-order chi connectivity index (χ1) is 5.62. The highest BCUT2D eigenvalue weighted by atomic mass is 79.9. The third-order valence-electron chi connectivity index (χ3n) is 1.75. The van der Waals surface area contributed by atoms with Crippen molar-refractivity contribution in [2.75, 3.05) is 16.8 Å². The molecule has 0 fully saturated rings. The summed E-state index contributed by atoms with van der Waals surface area (Å²) in [5.74, 6) is 2.62. The quantitative estimate of drug-likeness (QED) is 0.480. The second-order valence-corrected chi connectivity index (χ2v) is 5.72. The van der Waals surface area contributed by atoms with Gasteiger partial charge in [0, 0.05) is 5.33 Å². The maximum atomic E-state index is 3.54. The van der Waals surface area contributed by atoms with Crippen LogP contribution in [0.25, 0.3) is 0 Å². The Morgan fingerprint density at radius 1 is 1.25 bits per heavy atom. The maximum Gasteiger partial charge on any atom is 0.00905 e.